The SMILES string of the molecule is CN=C(NCCC(C)C)NCc1ccnc(Oc2ccc(F)cc2)c1. The number of rotatable bonds is 7. The molecule has 0 spiro atoms. The van der Waals surface area contributed by atoms with Crippen LogP contribution in [0.5, 0.6) is 11.6 Å². The van der Waals surface area contributed by atoms with Crippen molar-refractivity contribution in [3.63, 3.8) is 0 Å². The molecule has 0 amide bonds. The first-order chi connectivity index (χ1) is 12.1. The van der Waals surface area contributed by atoms with Gasteiger partial charge in [0.2, 0.25) is 5.88 Å². The van der Waals surface area contributed by atoms with Crippen molar-refractivity contribution in [2.24, 2.45) is 10.9 Å². The highest BCUT2D eigenvalue weighted by Crippen LogP contribution is 2.20. The predicted octanol–water partition coefficient (Wildman–Crippen LogP) is 3.72. The summed E-state index contributed by atoms with van der Waals surface area (Å²) < 4.78 is 18.6. The maximum atomic E-state index is 12.9. The van der Waals surface area contributed by atoms with Crippen molar-refractivity contribution in [1.29, 1.82) is 0 Å². The van der Waals surface area contributed by atoms with Crippen molar-refractivity contribution >= 4 is 5.96 Å². The van der Waals surface area contributed by atoms with Crippen LogP contribution in [0, 0.1) is 11.7 Å². The number of nitrogens with one attached hydrogen (secondary N) is 2. The van der Waals surface area contributed by atoms with E-state index in [1.165, 1.54) is 12.1 Å². The molecule has 134 valence electrons. The zero-order valence-corrected chi connectivity index (χ0v) is 14.9. The van der Waals surface area contributed by atoms with Gasteiger partial charge in [0, 0.05) is 32.4 Å². The van der Waals surface area contributed by atoms with Crippen molar-refractivity contribution in [3.8, 4) is 11.6 Å². The van der Waals surface area contributed by atoms with Gasteiger partial charge in [0.25, 0.3) is 0 Å². The fourth-order valence-corrected chi connectivity index (χ4v) is 2.13. The van der Waals surface area contributed by atoms with Crippen molar-refractivity contribution in [1.82, 2.24) is 15.6 Å². The molecule has 2 N–H and O–H groups in total. The van der Waals surface area contributed by atoms with Crippen LogP contribution >= 0.6 is 0 Å². The van der Waals surface area contributed by atoms with Crippen LogP contribution < -0.4 is 15.4 Å². The van der Waals surface area contributed by atoms with Gasteiger partial charge in [-0.25, -0.2) is 9.37 Å². The number of hydrogen-bond acceptors (Lipinski definition) is 3. The normalized spacial score (nSPS) is 11.5. The maximum absolute atomic E-state index is 12.9. The van der Waals surface area contributed by atoms with Crippen LogP contribution in [0.1, 0.15) is 25.8 Å². The van der Waals surface area contributed by atoms with E-state index in [1.807, 2.05) is 12.1 Å². The topological polar surface area (TPSA) is 58.5 Å². The molecule has 0 atom stereocenters. The van der Waals surface area contributed by atoms with Crippen LogP contribution in [0.2, 0.25) is 0 Å². The lowest BCUT2D eigenvalue weighted by atomic mass is 10.1. The minimum atomic E-state index is -0.297. The first kappa shape index (κ1) is 18.7. The number of hydrogen-bond donors (Lipinski definition) is 2. The van der Waals surface area contributed by atoms with Crippen molar-refractivity contribution in [2.45, 2.75) is 26.8 Å². The second-order valence-corrected chi connectivity index (χ2v) is 6.09. The van der Waals surface area contributed by atoms with Crippen LogP contribution in [-0.2, 0) is 6.54 Å². The molecule has 0 aliphatic rings. The highest BCUT2D eigenvalue weighted by Gasteiger charge is 2.03. The number of pyridine rings is 1. The summed E-state index contributed by atoms with van der Waals surface area (Å²) in [5.74, 6) is 2.13. The summed E-state index contributed by atoms with van der Waals surface area (Å²) in [6, 6.07) is 9.61. The summed E-state index contributed by atoms with van der Waals surface area (Å²) in [6.45, 7) is 5.87. The number of aliphatic imine (C=N–C) groups is 1. The first-order valence-corrected chi connectivity index (χ1v) is 8.39. The molecule has 0 aliphatic heterocycles. The molecule has 1 aromatic carbocycles. The predicted molar refractivity (Wildman–Crippen MR) is 98.4 cm³/mol. The van der Waals surface area contributed by atoms with Gasteiger partial charge >= 0.3 is 0 Å². The van der Waals surface area contributed by atoms with E-state index in [0.717, 1.165) is 24.5 Å². The lowest BCUT2D eigenvalue weighted by Crippen LogP contribution is -2.37. The third-order valence-corrected chi connectivity index (χ3v) is 3.53. The monoisotopic (exact) mass is 344 g/mol. The Morgan fingerprint density at radius 2 is 1.96 bits per heavy atom. The molecule has 5 nitrogen and oxygen atoms in total. The minimum absolute atomic E-state index is 0.297. The van der Waals surface area contributed by atoms with Crippen molar-refractivity contribution < 1.29 is 9.13 Å². The van der Waals surface area contributed by atoms with Gasteiger partial charge in [-0.05, 0) is 48.2 Å². The average Bonchev–Trinajstić information content (AvgIpc) is 2.60. The Morgan fingerprint density at radius 1 is 1.20 bits per heavy atom. The van der Waals surface area contributed by atoms with Gasteiger partial charge in [-0.2, -0.15) is 0 Å². The molecule has 2 rings (SSSR count). The molecule has 2 aromatic rings. The van der Waals surface area contributed by atoms with Crippen LogP contribution in [-0.4, -0.2) is 24.5 Å². The number of nitrogens with zero attached hydrogens (tertiary/aromatic N) is 2. The second kappa shape index (κ2) is 9.61. The minimum Gasteiger partial charge on any atom is -0.439 e. The van der Waals surface area contributed by atoms with Crippen LogP contribution in [0.15, 0.2) is 47.6 Å². The van der Waals surface area contributed by atoms with Gasteiger partial charge in [-0.1, -0.05) is 13.8 Å². The van der Waals surface area contributed by atoms with Gasteiger partial charge < -0.3 is 15.4 Å². The molecular formula is C19H25FN4O. The molecule has 0 radical (unpaired) electrons. The van der Waals surface area contributed by atoms with Crippen LogP contribution in [0.3, 0.4) is 0 Å². The standard InChI is InChI=1S/C19H25FN4O/c1-14(2)8-10-23-19(21-3)24-13-15-9-11-22-18(12-15)25-17-6-4-16(20)5-7-17/h4-7,9,11-12,14H,8,10,13H2,1-3H3,(H2,21,23,24). The van der Waals surface area contributed by atoms with E-state index < -0.39 is 0 Å². The summed E-state index contributed by atoms with van der Waals surface area (Å²) >= 11 is 0. The molecule has 1 heterocycles. The lowest BCUT2D eigenvalue weighted by Gasteiger charge is -2.13. The molecule has 0 bridgehead atoms. The molecule has 0 saturated heterocycles. The zero-order valence-electron chi connectivity index (χ0n) is 14.9. The Labute approximate surface area is 148 Å². The Balaban J connectivity index is 1.89. The quantitative estimate of drug-likeness (QED) is 0.594. The second-order valence-electron chi connectivity index (χ2n) is 6.09. The number of benzene rings is 1. The van der Waals surface area contributed by atoms with E-state index in [0.29, 0.717) is 24.1 Å². The summed E-state index contributed by atoms with van der Waals surface area (Å²) in [6.07, 6.45) is 2.77. The molecule has 1 aromatic heterocycles. The Kier molecular flexibility index (Phi) is 7.19. The molecule has 0 aliphatic carbocycles. The largest absolute Gasteiger partial charge is 0.439 e. The highest BCUT2D eigenvalue weighted by atomic mass is 19.1. The van der Waals surface area contributed by atoms with E-state index in [-0.39, 0.29) is 5.82 Å². The Bertz CT molecular complexity index is 686. The van der Waals surface area contributed by atoms with E-state index >= 15 is 0 Å². The summed E-state index contributed by atoms with van der Waals surface area (Å²) in [5.41, 5.74) is 1.01. The summed E-state index contributed by atoms with van der Waals surface area (Å²) in [4.78, 5) is 8.39. The molecular weight excluding hydrogens is 319 g/mol. The number of aromatic nitrogens is 1. The van der Waals surface area contributed by atoms with E-state index in [9.17, 15) is 4.39 Å². The van der Waals surface area contributed by atoms with Gasteiger partial charge in [0.1, 0.15) is 11.6 Å². The summed E-state index contributed by atoms with van der Waals surface area (Å²) in [5, 5.41) is 6.55. The number of ether oxygens (including phenoxy) is 1. The molecule has 6 heteroatoms. The molecule has 0 saturated carbocycles. The molecule has 0 fully saturated rings. The average molecular weight is 344 g/mol. The van der Waals surface area contributed by atoms with Crippen LogP contribution in [0.4, 0.5) is 4.39 Å². The molecule has 25 heavy (non-hydrogen) atoms. The fourth-order valence-electron chi connectivity index (χ4n) is 2.13. The van der Waals surface area contributed by atoms with Gasteiger partial charge in [0.15, 0.2) is 5.96 Å². The highest BCUT2D eigenvalue weighted by molar-refractivity contribution is 5.79. The van der Waals surface area contributed by atoms with Gasteiger partial charge in [0.05, 0.1) is 0 Å². The van der Waals surface area contributed by atoms with E-state index in [2.05, 4.69) is 34.5 Å². The van der Waals surface area contributed by atoms with E-state index in [4.69, 9.17) is 4.74 Å². The van der Waals surface area contributed by atoms with Crippen LogP contribution in [0.25, 0.3) is 0 Å². The first-order valence-electron chi connectivity index (χ1n) is 8.39. The Morgan fingerprint density at radius 3 is 2.64 bits per heavy atom. The van der Waals surface area contributed by atoms with Gasteiger partial charge in [-0.3, -0.25) is 4.99 Å². The smallest absolute Gasteiger partial charge is 0.219 e. The lowest BCUT2D eigenvalue weighted by molar-refractivity contribution is 0.460. The number of guanidine groups is 1. The fraction of sp³-hybridized carbons (Fsp3) is 0.368. The van der Waals surface area contributed by atoms with E-state index in [1.54, 1.807) is 25.4 Å². The summed E-state index contributed by atoms with van der Waals surface area (Å²) in [7, 11) is 1.75. The third kappa shape index (κ3) is 6.79. The number of halogens is 1. The zero-order chi connectivity index (χ0) is 18.1. The van der Waals surface area contributed by atoms with Gasteiger partial charge in [-0.15, -0.1) is 0 Å². The molecule has 0 unspecified atom stereocenters. The van der Waals surface area contributed by atoms with Crippen molar-refractivity contribution in [3.05, 3.63) is 54.0 Å². The van der Waals surface area contributed by atoms with Crippen molar-refractivity contribution in [2.75, 3.05) is 13.6 Å². The third-order valence-electron chi connectivity index (χ3n) is 3.53. The maximum Gasteiger partial charge on any atom is 0.219 e. The Hall–Kier alpha value is -2.63.